The molecule has 2 atom stereocenters. The Kier molecular flexibility index (Phi) is 5.30. The number of hydrogen-bond acceptors (Lipinski definition) is 5. The number of aliphatic carboxylic acids is 1. The highest BCUT2D eigenvalue weighted by Crippen LogP contribution is 2.17. The fraction of sp³-hybridized carbons (Fsp3) is 0.818. The Bertz CT molecular complexity index is 448. The van der Waals surface area contributed by atoms with E-state index >= 15 is 0 Å². The van der Waals surface area contributed by atoms with Gasteiger partial charge in [-0.2, -0.15) is 0 Å². The zero-order chi connectivity index (χ0) is 14.6. The van der Waals surface area contributed by atoms with Crippen LogP contribution in [0, 0.1) is 5.92 Å². The molecule has 2 N–H and O–H groups in total. The average Bonchev–Trinajstić information content (AvgIpc) is 2.26. The summed E-state index contributed by atoms with van der Waals surface area (Å²) in [7, 11) is -1.53. The topological polar surface area (TPSA) is 104 Å². The smallest absolute Gasteiger partial charge is 0.305 e. The minimum atomic E-state index is -3.25. The van der Waals surface area contributed by atoms with E-state index in [4.69, 9.17) is 5.11 Å². The van der Waals surface area contributed by atoms with Crippen LogP contribution in [0.2, 0.25) is 0 Å². The standard InChI is InChI=1S/C11H20N2O5S/c1-8(6-12-2)11(16)13-3-4-19(17,18)7-9(13)5-10(14)15/h8-9,12H,3-7H2,1-2H3,(H,14,15). The van der Waals surface area contributed by atoms with Crippen LogP contribution in [-0.4, -0.2) is 68.0 Å². The van der Waals surface area contributed by atoms with Crippen molar-refractivity contribution in [1.29, 1.82) is 0 Å². The highest BCUT2D eigenvalue weighted by molar-refractivity contribution is 7.91. The van der Waals surface area contributed by atoms with Crippen LogP contribution in [-0.2, 0) is 19.4 Å². The van der Waals surface area contributed by atoms with E-state index in [-0.39, 0.29) is 36.3 Å². The Balaban J connectivity index is 2.84. The number of nitrogens with zero attached hydrogens (tertiary/aromatic N) is 1. The lowest BCUT2D eigenvalue weighted by molar-refractivity contribution is -0.141. The number of carbonyl (C=O) groups excluding carboxylic acids is 1. The molecule has 1 aliphatic rings. The summed E-state index contributed by atoms with van der Waals surface area (Å²) in [6.07, 6.45) is -0.336. The van der Waals surface area contributed by atoms with Crippen molar-refractivity contribution in [3.05, 3.63) is 0 Å². The van der Waals surface area contributed by atoms with Crippen LogP contribution >= 0.6 is 0 Å². The SMILES string of the molecule is CNCC(C)C(=O)N1CCS(=O)(=O)CC1CC(=O)O. The largest absolute Gasteiger partial charge is 0.481 e. The molecule has 1 rings (SSSR count). The first-order valence-electron chi connectivity index (χ1n) is 6.14. The van der Waals surface area contributed by atoms with Crippen molar-refractivity contribution in [2.45, 2.75) is 19.4 Å². The molecule has 1 saturated heterocycles. The van der Waals surface area contributed by atoms with Crippen LogP contribution in [0.4, 0.5) is 0 Å². The third-order valence-electron chi connectivity index (χ3n) is 3.16. The number of carboxylic acid groups (broad SMARTS) is 1. The Morgan fingerprint density at radius 2 is 2.11 bits per heavy atom. The first kappa shape index (κ1) is 15.9. The minimum absolute atomic E-state index is 0.0766. The number of carbonyl (C=O) groups is 2. The Hall–Kier alpha value is -1.15. The van der Waals surface area contributed by atoms with Gasteiger partial charge >= 0.3 is 5.97 Å². The molecule has 8 heteroatoms. The molecule has 0 bridgehead atoms. The monoisotopic (exact) mass is 292 g/mol. The summed E-state index contributed by atoms with van der Waals surface area (Å²) in [4.78, 5) is 24.4. The molecule has 0 radical (unpaired) electrons. The summed E-state index contributed by atoms with van der Waals surface area (Å²) in [6, 6.07) is -0.761. The number of nitrogens with one attached hydrogen (secondary N) is 1. The summed E-state index contributed by atoms with van der Waals surface area (Å²) < 4.78 is 23.1. The van der Waals surface area contributed by atoms with Crippen molar-refractivity contribution in [2.24, 2.45) is 5.92 Å². The van der Waals surface area contributed by atoms with Crippen molar-refractivity contribution in [1.82, 2.24) is 10.2 Å². The molecule has 0 aromatic rings. The molecule has 1 fully saturated rings. The fourth-order valence-corrected chi connectivity index (χ4v) is 3.75. The van der Waals surface area contributed by atoms with Gasteiger partial charge in [0.15, 0.2) is 9.84 Å². The maximum atomic E-state index is 12.2. The van der Waals surface area contributed by atoms with Crippen molar-refractivity contribution in [3.8, 4) is 0 Å². The molecule has 0 saturated carbocycles. The Labute approximate surface area is 112 Å². The number of rotatable bonds is 5. The van der Waals surface area contributed by atoms with Crippen LogP contribution in [0.15, 0.2) is 0 Å². The summed E-state index contributed by atoms with van der Waals surface area (Å²) in [5.74, 6) is -1.96. The fourth-order valence-electron chi connectivity index (χ4n) is 2.22. The molecule has 7 nitrogen and oxygen atoms in total. The third kappa shape index (κ3) is 4.46. The van der Waals surface area contributed by atoms with Crippen molar-refractivity contribution >= 4 is 21.7 Å². The van der Waals surface area contributed by atoms with E-state index in [1.807, 2.05) is 0 Å². The molecule has 1 aliphatic heterocycles. The van der Waals surface area contributed by atoms with E-state index in [2.05, 4.69) is 5.32 Å². The Morgan fingerprint density at radius 3 is 2.63 bits per heavy atom. The highest BCUT2D eigenvalue weighted by Gasteiger charge is 2.36. The average molecular weight is 292 g/mol. The summed E-state index contributed by atoms with van der Waals surface area (Å²) in [6.45, 7) is 2.29. The maximum Gasteiger partial charge on any atom is 0.305 e. The second-order valence-corrected chi connectivity index (χ2v) is 7.09. The number of sulfone groups is 1. The van der Waals surface area contributed by atoms with Gasteiger partial charge in [0.05, 0.1) is 24.0 Å². The molecule has 0 aliphatic carbocycles. The van der Waals surface area contributed by atoms with Gasteiger partial charge in [-0.3, -0.25) is 9.59 Å². The van der Waals surface area contributed by atoms with Gasteiger partial charge in [-0.25, -0.2) is 8.42 Å². The van der Waals surface area contributed by atoms with Gasteiger partial charge in [-0.1, -0.05) is 6.92 Å². The van der Waals surface area contributed by atoms with Crippen LogP contribution in [0.25, 0.3) is 0 Å². The van der Waals surface area contributed by atoms with Crippen molar-refractivity contribution < 1.29 is 23.1 Å². The molecule has 0 aromatic heterocycles. The second-order valence-electron chi connectivity index (χ2n) is 4.86. The summed E-state index contributed by atoms with van der Waals surface area (Å²) in [5, 5.41) is 11.7. The zero-order valence-electron chi connectivity index (χ0n) is 11.1. The minimum Gasteiger partial charge on any atom is -0.481 e. The van der Waals surface area contributed by atoms with E-state index < -0.39 is 21.8 Å². The predicted molar refractivity (Wildman–Crippen MR) is 69.5 cm³/mol. The molecule has 0 spiro atoms. The highest BCUT2D eigenvalue weighted by atomic mass is 32.2. The number of amides is 1. The maximum absolute atomic E-state index is 12.2. The quantitative estimate of drug-likeness (QED) is 0.669. The molecule has 1 amide bonds. The molecule has 110 valence electrons. The van der Waals surface area contributed by atoms with E-state index in [0.29, 0.717) is 6.54 Å². The lowest BCUT2D eigenvalue weighted by Crippen LogP contribution is -2.54. The molecule has 2 unspecified atom stereocenters. The molecular weight excluding hydrogens is 272 g/mol. The van der Waals surface area contributed by atoms with Crippen LogP contribution in [0.1, 0.15) is 13.3 Å². The second kappa shape index (κ2) is 6.33. The van der Waals surface area contributed by atoms with Crippen LogP contribution < -0.4 is 5.32 Å². The normalized spacial score (nSPS) is 23.9. The van der Waals surface area contributed by atoms with Gasteiger partial charge in [-0.05, 0) is 7.05 Å². The molecule has 19 heavy (non-hydrogen) atoms. The van der Waals surface area contributed by atoms with E-state index in [9.17, 15) is 18.0 Å². The van der Waals surface area contributed by atoms with Crippen LogP contribution in [0.3, 0.4) is 0 Å². The lowest BCUT2D eigenvalue weighted by Gasteiger charge is -2.36. The summed E-state index contributed by atoms with van der Waals surface area (Å²) in [5.41, 5.74) is 0. The van der Waals surface area contributed by atoms with Crippen LogP contribution in [0.5, 0.6) is 0 Å². The zero-order valence-corrected chi connectivity index (χ0v) is 11.9. The molecule has 1 heterocycles. The predicted octanol–water partition coefficient (Wildman–Crippen LogP) is -1.06. The lowest BCUT2D eigenvalue weighted by atomic mass is 10.1. The summed E-state index contributed by atoms with van der Waals surface area (Å²) >= 11 is 0. The van der Waals surface area contributed by atoms with Crippen molar-refractivity contribution in [3.63, 3.8) is 0 Å². The van der Waals surface area contributed by atoms with Gasteiger partial charge in [-0.15, -0.1) is 0 Å². The van der Waals surface area contributed by atoms with Gasteiger partial charge in [0.2, 0.25) is 5.91 Å². The van der Waals surface area contributed by atoms with Gasteiger partial charge in [0.25, 0.3) is 0 Å². The first-order chi connectivity index (χ1) is 8.76. The Morgan fingerprint density at radius 1 is 1.47 bits per heavy atom. The third-order valence-corrected chi connectivity index (χ3v) is 4.85. The van der Waals surface area contributed by atoms with E-state index in [1.165, 1.54) is 4.90 Å². The van der Waals surface area contributed by atoms with E-state index in [0.717, 1.165) is 0 Å². The van der Waals surface area contributed by atoms with E-state index in [1.54, 1.807) is 14.0 Å². The number of carboxylic acids is 1. The van der Waals surface area contributed by atoms with Gasteiger partial charge in [0, 0.05) is 19.0 Å². The van der Waals surface area contributed by atoms with Gasteiger partial charge in [0.1, 0.15) is 0 Å². The number of hydrogen-bond donors (Lipinski definition) is 2. The van der Waals surface area contributed by atoms with Crippen molar-refractivity contribution in [2.75, 3.05) is 31.6 Å². The molecule has 0 aromatic carbocycles. The first-order valence-corrected chi connectivity index (χ1v) is 7.96. The van der Waals surface area contributed by atoms with Gasteiger partial charge < -0.3 is 15.3 Å². The molecular formula is C11H20N2O5S.